The van der Waals surface area contributed by atoms with Crippen LogP contribution in [0.3, 0.4) is 0 Å². The van der Waals surface area contributed by atoms with Crippen molar-refractivity contribution in [3.05, 3.63) is 35.4 Å². The van der Waals surface area contributed by atoms with Crippen LogP contribution < -0.4 is 5.73 Å². The van der Waals surface area contributed by atoms with Gasteiger partial charge in [-0.15, -0.1) is 24.0 Å². The van der Waals surface area contributed by atoms with Crippen LogP contribution in [0.1, 0.15) is 11.1 Å². The Bertz CT molecular complexity index is 602. The van der Waals surface area contributed by atoms with Crippen LogP contribution in [0.2, 0.25) is 0 Å². The van der Waals surface area contributed by atoms with Gasteiger partial charge in [0, 0.05) is 18.7 Å². The molecular weight excluding hydrogens is 422 g/mol. The average Bonchev–Trinajstić information content (AvgIpc) is 2.52. The van der Waals surface area contributed by atoms with Gasteiger partial charge in [0.1, 0.15) is 6.54 Å². The lowest BCUT2D eigenvalue weighted by Gasteiger charge is -2.27. The van der Waals surface area contributed by atoms with Gasteiger partial charge in [-0.25, -0.2) is 4.99 Å². The summed E-state index contributed by atoms with van der Waals surface area (Å²) in [5.41, 5.74) is 5.40. The van der Waals surface area contributed by atoms with Gasteiger partial charge in [0.2, 0.25) is 0 Å². The minimum absolute atomic E-state index is 0. The second-order valence-corrected chi connectivity index (χ2v) is 4.65. The summed E-state index contributed by atoms with van der Waals surface area (Å²) in [4.78, 5) is 5.99. The summed E-state index contributed by atoms with van der Waals surface area (Å²) in [6, 6.07) is 4.89. The van der Waals surface area contributed by atoms with Crippen molar-refractivity contribution in [1.29, 1.82) is 0 Å². The summed E-state index contributed by atoms with van der Waals surface area (Å²) >= 11 is 0. The molecule has 23 heavy (non-hydrogen) atoms. The highest BCUT2D eigenvalue weighted by Crippen LogP contribution is 2.29. The lowest BCUT2D eigenvalue weighted by Crippen LogP contribution is -2.44. The Balaban J connectivity index is 0.00000264. The molecule has 2 rings (SSSR count). The number of nitrogens with two attached hydrogens (primary N) is 1. The second kappa shape index (κ2) is 8.98. The van der Waals surface area contributed by atoms with Crippen LogP contribution in [-0.2, 0) is 10.9 Å². The zero-order valence-corrected chi connectivity index (χ0v) is 14.6. The normalized spacial score (nSPS) is 15.4. The quantitative estimate of drug-likeness (QED) is 0.317. The number of rotatable bonds is 1. The zero-order chi connectivity index (χ0) is 16.0. The first kappa shape index (κ1) is 19.6. The fourth-order valence-electron chi connectivity index (χ4n) is 1.93. The molecule has 0 atom stereocenters. The van der Waals surface area contributed by atoms with Crippen molar-refractivity contribution in [2.24, 2.45) is 10.7 Å². The molecule has 0 aliphatic carbocycles. The number of halogens is 4. The summed E-state index contributed by atoms with van der Waals surface area (Å²) in [5.74, 6) is 5.74. The average molecular weight is 439 g/mol. The van der Waals surface area contributed by atoms with Crippen molar-refractivity contribution in [1.82, 2.24) is 4.90 Å². The molecular formula is C15H17F3IN3O. The largest absolute Gasteiger partial charge is 0.416 e. The summed E-state index contributed by atoms with van der Waals surface area (Å²) in [6.07, 6.45) is -4.36. The van der Waals surface area contributed by atoms with E-state index in [0.717, 1.165) is 12.1 Å². The Morgan fingerprint density at radius 1 is 1.30 bits per heavy atom. The lowest BCUT2D eigenvalue weighted by atomic mass is 10.1. The molecule has 1 fully saturated rings. The number of aliphatic imine (C=N–C) groups is 1. The molecule has 1 saturated heterocycles. The molecule has 8 heteroatoms. The van der Waals surface area contributed by atoms with Crippen molar-refractivity contribution in [2.45, 2.75) is 6.18 Å². The fourth-order valence-corrected chi connectivity index (χ4v) is 1.93. The van der Waals surface area contributed by atoms with E-state index in [1.165, 1.54) is 12.1 Å². The first-order valence-electron chi connectivity index (χ1n) is 6.75. The highest BCUT2D eigenvalue weighted by Gasteiger charge is 2.30. The topological polar surface area (TPSA) is 50.8 Å². The Morgan fingerprint density at radius 2 is 2.00 bits per heavy atom. The van der Waals surface area contributed by atoms with Gasteiger partial charge in [-0.1, -0.05) is 17.9 Å². The summed E-state index contributed by atoms with van der Waals surface area (Å²) in [7, 11) is 0. The number of guanidine groups is 1. The third kappa shape index (κ3) is 6.27. The lowest BCUT2D eigenvalue weighted by molar-refractivity contribution is -0.137. The molecule has 0 aromatic heterocycles. The molecule has 0 bridgehead atoms. The summed E-state index contributed by atoms with van der Waals surface area (Å²) < 4.78 is 42.9. The maximum Gasteiger partial charge on any atom is 0.416 e. The maximum absolute atomic E-state index is 12.6. The highest BCUT2D eigenvalue weighted by molar-refractivity contribution is 14.0. The van der Waals surface area contributed by atoms with Gasteiger partial charge in [-0.2, -0.15) is 13.2 Å². The van der Waals surface area contributed by atoms with Crippen molar-refractivity contribution >= 4 is 29.9 Å². The number of benzene rings is 1. The third-order valence-electron chi connectivity index (χ3n) is 3.08. The number of hydrogen-bond acceptors (Lipinski definition) is 2. The predicted octanol–water partition coefficient (Wildman–Crippen LogP) is 2.32. The van der Waals surface area contributed by atoms with Gasteiger partial charge in [0.05, 0.1) is 18.8 Å². The molecule has 1 aromatic rings. The number of hydrogen-bond donors (Lipinski definition) is 1. The second-order valence-electron chi connectivity index (χ2n) is 4.65. The van der Waals surface area contributed by atoms with Crippen molar-refractivity contribution < 1.29 is 17.9 Å². The van der Waals surface area contributed by atoms with E-state index < -0.39 is 11.7 Å². The molecule has 0 saturated carbocycles. The first-order chi connectivity index (χ1) is 10.5. The van der Waals surface area contributed by atoms with Crippen LogP contribution in [0.25, 0.3) is 0 Å². The Labute approximate surface area is 149 Å². The van der Waals surface area contributed by atoms with Gasteiger partial charge < -0.3 is 15.4 Å². The van der Waals surface area contributed by atoms with E-state index >= 15 is 0 Å². The smallest absolute Gasteiger partial charge is 0.378 e. The van der Waals surface area contributed by atoms with Crippen LogP contribution in [-0.4, -0.2) is 43.7 Å². The van der Waals surface area contributed by atoms with Gasteiger partial charge >= 0.3 is 6.18 Å². The van der Waals surface area contributed by atoms with Crippen molar-refractivity contribution in [2.75, 3.05) is 32.8 Å². The summed E-state index contributed by atoms with van der Waals surface area (Å²) in [5, 5.41) is 0. The Kier molecular flexibility index (Phi) is 7.64. The van der Waals surface area contributed by atoms with Crippen LogP contribution in [0.5, 0.6) is 0 Å². The van der Waals surface area contributed by atoms with E-state index in [1.807, 2.05) is 4.90 Å². The van der Waals surface area contributed by atoms with Crippen LogP contribution in [0, 0.1) is 11.8 Å². The fraction of sp³-hybridized carbons (Fsp3) is 0.400. The SMILES string of the molecule is I.NC(=NCC#Cc1cccc(C(F)(F)F)c1)N1CCOCC1. The van der Waals surface area contributed by atoms with E-state index in [0.29, 0.717) is 37.8 Å². The number of nitrogens with zero attached hydrogens (tertiary/aromatic N) is 2. The standard InChI is InChI=1S/C15H16F3N3O.HI/c16-15(17,18)13-5-1-3-12(11-13)4-2-6-20-14(19)21-7-9-22-10-8-21;/h1,3,5,11H,6-10H2,(H2,19,20);1H. The van der Waals surface area contributed by atoms with Gasteiger partial charge in [0.25, 0.3) is 0 Å². The molecule has 1 aliphatic rings. The van der Waals surface area contributed by atoms with Crippen LogP contribution in [0.4, 0.5) is 13.2 Å². The first-order valence-corrected chi connectivity index (χ1v) is 6.75. The molecule has 0 unspecified atom stereocenters. The predicted molar refractivity (Wildman–Crippen MR) is 92.6 cm³/mol. The van der Waals surface area contributed by atoms with E-state index in [-0.39, 0.29) is 30.5 Å². The minimum Gasteiger partial charge on any atom is -0.378 e. The number of ether oxygens (including phenoxy) is 1. The van der Waals surface area contributed by atoms with Gasteiger partial charge in [0.15, 0.2) is 5.96 Å². The monoisotopic (exact) mass is 439 g/mol. The molecule has 0 radical (unpaired) electrons. The van der Waals surface area contributed by atoms with Gasteiger partial charge in [-0.3, -0.25) is 0 Å². The number of alkyl halides is 3. The van der Waals surface area contributed by atoms with E-state index in [2.05, 4.69) is 16.8 Å². The highest BCUT2D eigenvalue weighted by atomic mass is 127. The Morgan fingerprint density at radius 3 is 2.65 bits per heavy atom. The molecule has 2 N–H and O–H groups in total. The molecule has 0 spiro atoms. The van der Waals surface area contributed by atoms with Gasteiger partial charge in [-0.05, 0) is 18.2 Å². The van der Waals surface area contributed by atoms with E-state index in [1.54, 1.807) is 0 Å². The molecule has 4 nitrogen and oxygen atoms in total. The minimum atomic E-state index is -4.36. The van der Waals surface area contributed by atoms with E-state index in [9.17, 15) is 13.2 Å². The van der Waals surface area contributed by atoms with E-state index in [4.69, 9.17) is 10.5 Å². The Hall–Kier alpha value is -1.47. The van der Waals surface area contributed by atoms with Crippen molar-refractivity contribution in [3.8, 4) is 11.8 Å². The van der Waals surface area contributed by atoms with Crippen LogP contribution in [0.15, 0.2) is 29.3 Å². The number of morpholine rings is 1. The molecule has 1 heterocycles. The molecule has 1 aliphatic heterocycles. The molecule has 1 aromatic carbocycles. The maximum atomic E-state index is 12.6. The molecule has 0 amide bonds. The molecule has 126 valence electrons. The summed E-state index contributed by atoms with van der Waals surface area (Å²) in [6.45, 7) is 2.70. The third-order valence-corrected chi connectivity index (χ3v) is 3.08. The van der Waals surface area contributed by atoms with Crippen molar-refractivity contribution in [3.63, 3.8) is 0 Å². The van der Waals surface area contributed by atoms with Crippen LogP contribution >= 0.6 is 24.0 Å². The zero-order valence-electron chi connectivity index (χ0n) is 12.3.